The first-order valence-electron chi connectivity index (χ1n) is 6.33. The zero-order valence-electron chi connectivity index (χ0n) is 12.3. The highest BCUT2D eigenvalue weighted by Gasteiger charge is 2.18. The third kappa shape index (κ3) is 4.71. The van der Waals surface area contributed by atoms with Gasteiger partial charge in [0.15, 0.2) is 0 Å². The Morgan fingerprint density at radius 3 is 2.60 bits per heavy atom. The zero-order valence-corrected chi connectivity index (χ0v) is 12.3. The van der Waals surface area contributed by atoms with Gasteiger partial charge in [-0.15, -0.1) is 0 Å². The molecule has 1 rings (SSSR count). The lowest BCUT2D eigenvalue weighted by molar-refractivity contribution is 0.0636. The maximum atomic E-state index is 11.7. The van der Waals surface area contributed by atoms with Gasteiger partial charge in [-0.25, -0.2) is 4.79 Å². The van der Waals surface area contributed by atoms with Crippen LogP contribution < -0.4 is 15.8 Å². The van der Waals surface area contributed by atoms with Gasteiger partial charge in [0.2, 0.25) is 0 Å². The van der Waals surface area contributed by atoms with Crippen molar-refractivity contribution in [3.8, 4) is 5.75 Å². The van der Waals surface area contributed by atoms with Crippen molar-refractivity contribution in [2.45, 2.75) is 32.5 Å². The van der Waals surface area contributed by atoms with E-state index in [4.69, 9.17) is 15.2 Å². The number of carbonyl (C=O) groups is 1. The van der Waals surface area contributed by atoms with Crippen LogP contribution in [0.25, 0.3) is 0 Å². The van der Waals surface area contributed by atoms with Crippen molar-refractivity contribution in [1.29, 1.82) is 0 Å². The fraction of sp³-hybridized carbons (Fsp3) is 0.500. The van der Waals surface area contributed by atoms with Crippen molar-refractivity contribution in [1.82, 2.24) is 0 Å². The van der Waals surface area contributed by atoms with Crippen LogP contribution in [0.15, 0.2) is 18.2 Å². The molecule has 0 bridgehead atoms. The molecular formula is C14H22N2O4. The Morgan fingerprint density at radius 1 is 1.45 bits per heavy atom. The van der Waals surface area contributed by atoms with Gasteiger partial charge in [0.05, 0.1) is 13.2 Å². The number of ether oxygens (including phenoxy) is 2. The summed E-state index contributed by atoms with van der Waals surface area (Å²) in [5.41, 5.74) is 5.89. The molecule has 1 aromatic carbocycles. The summed E-state index contributed by atoms with van der Waals surface area (Å²) in [6, 6.07) is 4.93. The normalized spacial score (nSPS) is 12.7. The topological polar surface area (TPSA) is 93.8 Å². The number of hydrogen-bond donors (Lipinski definition) is 3. The van der Waals surface area contributed by atoms with E-state index in [1.165, 1.54) is 7.11 Å². The molecule has 112 valence electrons. The second kappa shape index (κ2) is 6.58. The third-order valence-corrected chi connectivity index (χ3v) is 2.46. The predicted octanol–water partition coefficient (Wildman–Crippen LogP) is 2.03. The van der Waals surface area contributed by atoms with Gasteiger partial charge in [0.25, 0.3) is 0 Å². The fourth-order valence-corrected chi connectivity index (χ4v) is 1.62. The summed E-state index contributed by atoms with van der Waals surface area (Å²) in [5.74, 6) is 0.512. The van der Waals surface area contributed by atoms with E-state index in [9.17, 15) is 9.90 Å². The quantitative estimate of drug-likeness (QED) is 0.785. The van der Waals surface area contributed by atoms with Crippen LogP contribution in [-0.4, -0.2) is 30.5 Å². The first-order chi connectivity index (χ1) is 9.26. The Kier molecular flexibility index (Phi) is 5.35. The molecular weight excluding hydrogens is 260 g/mol. The number of nitrogens with two attached hydrogens (primary N) is 1. The molecule has 0 aromatic heterocycles. The molecule has 20 heavy (non-hydrogen) atoms. The summed E-state index contributed by atoms with van der Waals surface area (Å²) in [7, 11) is 1.50. The second-order valence-electron chi connectivity index (χ2n) is 5.34. The van der Waals surface area contributed by atoms with Crippen molar-refractivity contribution in [3.63, 3.8) is 0 Å². The molecule has 0 saturated carbocycles. The predicted molar refractivity (Wildman–Crippen MR) is 76.9 cm³/mol. The highest BCUT2D eigenvalue weighted by atomic mass is 16.6. The number of anilines is 1. The Hall–Kier alpha value is -1.79. The smallest absolute Gasteiger partial charge is 0.412 e. The molecule has 1 aromatic rings. The van der Waals surface area contributed by atoms with Gasteiger partial charge in [0.1, 0.15) is 11.4 Å². The van der Waals surface area contributed by atoms with E-state index in [1.54, 1.807) is 39.0 Å². The second-order valence-corrected chi connectivity index (χ2v) is 5.34. The lowest BCUT2D eigenvalue weighted by Gasteiger charge is -2.20. The van der Waals surface area contributed by atoms with E-state index < -0.39 is 17.8 Å². The van der Waals surface area contributed by atoms with Gasteiger partial charge in [-0.05, 0) is 39.0 Å². The van der Waals surface area contributed by atoms with Crippen LogP contribution in [0.4, 0.5) is 10.5 Å². The maximum Gasteiger partial charge on any atom is 0.412 e. The van der Waals surface area contributed by atoms with Gasteiger partial charge in [-0.2, -0.15) is 0 Å². The van der Waals surface area contributed by atoms with E-state index in [-0.39, 0.29) is 6.54 Å². The number of aliphatic hydroxyl groups is 1. The van der Waals surface area contributed by atoms with E-state index >= 15 is 0 Å². The van der Waals surface area contributed by atoms with Gasteiger partial charge >= 0.3 is 6.09 Å². The number of carbonyl (C=O) groups excluding carboxylic acids is 1. The van der Waals surface area contributed by atoms with Crippen LogP contribution in [-0.2, 0) is 4.74 Å². The summed E-state index contributed by atoms with van der Waals surface area (Å²) in [4.78, 5) is 11.7. The molecule has 0 radical (unpaired) electrons. The number of methoxy groups -OCH3 is 1. The van der Waals surface area contributed by atoms with Gasteiger partial charge < -0.3 is 20.3 Å². The van der Waals surface area contributed by atoms with Crippen molar-refractivity contribution in [2.75, 3.05) is 19.0 Å². The average molecular weight is 282 g/mol. The summed E-state index contributed by atoms with van der Waals surface area (Å²) < 4.78 is 10.3. The van der Waals surface area contributed by atoms with Crippen LogP contribution in [0.5, 0.6) is 5.75 Å². The molecule has 4 N–H and O–H groups in total. The SMILES string of the molecule is COc1ccc(NC(=O)OC(C)(C)C)cc1[C@@H](O)CN. The number of aliphatic hydroxyl groups excluding tert-OH is 1. The lowest BCUT2D eigenvalue weighted by Crippen LogP contribution is -2.27. The molecule has 0 spiro atoms. The molecule has 0 aliphatic rings. The molecule has 0 saturated heterocycles. The molecule has 6 nitrogen and oxygen atoms in total. The first kappa shape index (κ1) is 16.3. The van der Waals surface area contributed by atoms with Crippen LogP contribution in [0.1, 0.15) is 32.4 Å². The Labute approximate surface area is 118 Å². The molecule has 1 atom stereocenters. The van der Waals surface area contributed by atoms with Gasteiger partial charge in [0, 0.05) is 17.8 Å². The minimum Gasteiger partial charge on any atom is -0.496 e. The molecule has 0 unspecified atom stereocenters. The summed E-state index contributed by atoms with van der Waals surface area (Å²) in [5, 5.41) is 12.4. The Bertz CT molecular complexity index is 469. The summed E-state index contributed by atoms with van der Waals surface area (Å²) >= 11 is 0. The molecule has 0 aliphatic heterocycles. The lowest BCUT2D eigenvalue weighted by atomic mass is 10.1. The Morgan fingerprint density at radius 2 is 2.10 bits per heavy atom. The van der Waals surface area contributed by atoms with E-state index in [2.05, 4.69) is 5.32 Å². The van der Waals surface area contributed by atoms with Crippen molar-refractivity contribution in [3.05, 3.63) is 23.8 Å². The third-order valence-electron chi connectivity index (χ3n) is 2.46. The molecule has 6 heteroatoms. The minimum atomic E-state index is -0.856. The number of hydrogen-bond acceptors (Lipinski definition) is 5. The number of amides is 1. The molecule has 0 heterocycles. The van der Waals surface area contributed by atoms with Crippen LogP contribution in [0.2, 0.25) is 0 Å². The molecule has 0 fully saturated rings. The minimum absolute atomic E-state index is 0.0618. The molecule has 0 aliphatic carbocycles. The average Bonchev–Trinajstić information content (AvgIpc) is 2.35. The van der Waals surface area contributed by atoms with E-state index in [1.807, 2.05) is 0 Å². The standard InChI is InChI=1S/C14H22N2O4/c1-14(2,3)20-13(18)16-9-5-6-12(19-4)10(7-9)11(17)8-15/h5-7,11,17H,8,15H2,1-4H3,(H,16,18)/t11-/m0/s1. The van der Waals surface area contributed by atoms with Crippen LogP contribution in [0, 0.1) is 0 Å². The summed E-state index contributed by atoms with van der Waals surface area (Å²) in [6.07, 6.45) is -1.42. The maximum absolute atomic E-state index is 11.7. The van der Waals surface area contributed by atoms with Crippen LogP contribution >= 0.6 is 0 Å². The fourth-order valence-electron chi connectivity index (χ4n) is 1.62. The van der Waals surface area contributed by atoms with Crippen LogP contribution in [0.3, 0.4) is 0 Å². The highest BCUT2D eigenvalue weighted by Crippen LogP contribution is 2.28. The monoisotopic (exact) mass is 282 g/mol. The van der Waals surface area contributed by atoms with E-state index in [0.29, 0.717) is 17.0 Å². The van der Waals surface area contributed by atoms with Gasteiger partial charge in [-0.3, -0.25) is 5.32 Å². The van der Waals surface area contributed by atoms with E-state index in [0.717, 1.165) is 0 Å². The highest BCUT2D eigenvalue weighted by molar-refractivity contribution is 5.85. The van der Waals surface area contributed by atoms with Crippen molar-refractivity contribution in [2.24, 2.45) is 5.73 Å². The largest absolute Gasteiger partial charge is 0.496 e. The Balaban J connectivity index is 2.89. The number of benzene rings is 1. The zero-order chi connectivity index (χ0) is 15.3. The number of rotatable bonds is 4. The first-order valence-corrected chi connectivity index (χ1v) is 6.33. The van der Waals surface area contributed by atoms with Crippen molar-refractivity contribution >= 4 is 11.8 Å². The molecule has 1 amide bonds. The van der Waals surface area contributed by atoms with Gasteiger partial charge in [-0.1, -0.05) is 0 Å². The van der Waals surface area contributed by atoms with Crippen molar-refractivity contribution < 1.29 is 19.4 Å². The summed E-state index contributed by atoms with van der Waals surface area (Å²) in [6.45, 7) is 5.41. The number of nitrogens with one attached hydrogen (secondary N) is 1.